The van der Waals surface area contributed by atoms with Crippen molar-refractivity contribution < 1.29 is 14.7 Å². The first kappa shape index (κ1) is 19.0. The number of carboxylic acid groups (broad SMARTS) is 1. The van der Waals surface area contributed by atoms with E-state index in [4.69, 9.17) is 5.11 Å². The van der Waals surface area contributed by atoms with E-state index in [1.54, 1.807) is 13.1 Å². The van der Waals surface area contributed by atoms with Crippen LogP contribution in [0.1, 0.15) is 51.5 Å². The maximum absolute atomic E-state index is 12.3. The molecule has 1 aliphatic rings. The average molecular weight is 349 g/mol. The molecule has 7 nitrogen and oxygen atoms in total. The van der Waals surface area contributed by atoms with E-state index >= 15 is 0 Å². The van der Waals surface area contributed by atoms with Gasteiger partial charge in [0, 0.05) is 38.3 Å². The van der Waals surface area contributed by atoms with Gasteiger partial charge in [-0.1, -0.05) is 12.8 Å². The van der Waals surface area contributed by atoms with Gasteiger partial charge in [-0.15, -0.1) is 0 Å². The van der Waals surface area contributed by atoms with Gasteiger partial charge in [-0.3, -0.25) is 14.4 Å². The summed E-state index contributed by atoms with van der Waals surface area (Å²) >= 11 is 0. The molecule has 2 heterocycles. The monoisotopic (exact) mass is 349 g/mol. The lowest BCUT2D eigenvalue weighted by Gasteiger charge is -2.24. The second-order valence-corrected chi connectivity index (χ2v) is 6.50. The zero-order chi connectivity index (χ0) is 18.2. The van der Waals surface area contributed by atoms with Crippen LogP contribution < -0.4 is 15.8 Å². The number of carbonyl (C=O) groups excluding carboxylic acids is 1. The molecule has 2 rings (SSSR count). The predicted molar refractivity (Wildman–Crippen MR) is 96.0 cm³/mol. The van der Waals surface area contributed by atoms with Crippen molar-refractivity contribution in [2.45, 2.75) is 51.5 Å². The lowest BCUT2D eigenvalue weighted by atomic mass is 10.2. The highest BCUT2D eigenvalue weighted by Gasteiger charge is 2.18. The highest BCUT2D eigenvalue weighted by atomic mass is 16.4. The van der Waals surface area contributed by atoms with Crippen molar-refractivity contribution in [1.82, 2.24) is 9.88 Å². The normalized spacial score (nSPS) is 16.1. The molecular formula is C18H27N3O4. The van der Waals surface area contributed by atoms with Crippen LogP contribution in [0.3, 0.4) is 0 Å². The first-order chi connectivity index (χ1) is 12.0. The summed E-state index contributed by atoms with van der Waals surface area (Å²) in [7, 11) is 0. The summed E-state index contributed by atoms with van der Waals surface area (Å²) in [5.74, 6) is -1.16. The van der Waals surface area contributed by atoms with Crippen LogP contribution in [0.4, 0.5) is 5.69 Å². The van der Waals surface area contributed by atoms with Crippen LogP contribution in [-0.4, -0.2) is 41.2 Å². The first-order valence-electron chi connectivity index (χ1n) is 8.95. The number of aliphatic carboxylic acids is 1. The Morgan fingerprint density at radius 2 is 1.88 bits per heavy atom. The summed E-state index contributed by atoms with van der Waals surface area (Å²) in [5.41, 5.74) is 0.749. The molecule has 1 aliphatic heterocycles. The van der Waals surface area contributed by atoms with E-state index in [0.717, 1.165) is 31.6 Å². The maximum Gasteiger partial charge on any atom is 0.303 e. The van der Waals surface area contributed by atoms with Crippen LogP contribution in [0.2, 0.25) is 0 Å². The Bertz CT molecular complexity index is 648. The second-order valence-electron chi connectivity index (χ2n) is 6.50. The Kier molecular flexibility index (Phi) is 7.03. The molecular weight excluding hydrogens is 322 g/mol. The van der Waals surface area contributed by atoms with Crippen LogP contribution in [0.25, 0.3) is 0 Å². The predicted octanol–water partition coefficient (Wildman–Crippen LogP) is 1.77. The van der Waals surface area contributed by atoms with E-state index in [1.807, 2.05) is 6.07 Å². The van der Waals surface area contributed by atoms with E-state index in [0.29, 0.717) is 6.42 Å². The largest absolute Gasteiger partial charge is 0.481 e. The molecule has 1 saturated heterocycles. The zero-order valence-corrected chi connectivity index (χ0v) is 14.7. The molecule has 1 atom stereocenters. The summed E-state index contributed by atoms with van der Waals surface area (Å²) < 4.78 is 1.45. The average Bonchev–Trinajstić information content (AvgIpc) is 2.87. The van der Waals surface area contributed by atoms with Gasteiger partial charge in [-0.05, 0) is 32.3 Å². The molecule has 1 unspecified atom stereocenters. The molecule has 1 fully saturated rings. The van der Waals surface area contributed by atoms with Gasteiger partial charge in [0.15, 0.2) is 0 Å². The maximum atomic E-state index is 12.3. The lowest BCUT2D eigenvalue weighted by Crippen LogP contribution is -2.36. The van der Waals surface area contributed by atoms with Crippen molar-refractivity contribution >= 4 is 17.6 Å². The van der Waals surface area contributed by atoms with Gasteiger partial charge in [0.05, 0.1) is 5.69 Å². The summed E-state index contributed by atoms with van der Waals surface area (Å²) in [6, 6.07) is 2.69. The van der Waals surface area contributed by atoms with Crippen molar-refractivity contribution in [1.29, 1.82) is 0 Å². The topological polar surface area (TPSA) is 91.6 Å². The van der Waals surface area contributed by atoms with Crippen molar-refractivity contribution in [2.75, 3.05) is 24.5 Å². The number of hydrogen-bond donors (Lipinski definition) is 2. The third-order valence-electron chi connectivity index (χ3n) is 4.56. The molecule has 1 aromatic heterocycles. The molecule has 0 spiro atoms. The van der Waals surface area contributed by atoms with Crippen molar-refractivity contribution in [3.63, 3.8) is 0 Å². The Morgan fingerprint density at radius 1 is 1.20 bits per heavy atom. The number of carboxylic acids is 1. The summed E-state index contributed by atoms with van der Waals surface area (Å²) in [5, 5.41) is 11.3. The van der Waals surface area contributed by atoms with E-state index in [-0.39, 0.29) is 24.4 Å². The van der Waals surface area contributed by atoms with E-state index < -0.39 is 12.0 Å². The van der Waals surface area contributed by atoms with Gasteiger partial charge >= 0.3 is 5.97 Å². The summed E-state index contributed by atoms with van der Waals surface area (Å²) in [6.07, 6.45) is 6.87. The van der Waals surface area contributed by atoms with Crippen LogP contribution in [-0.2, 0) is 9.59 Å². The Labute approximate surface area is 147 Å². The molecule has 1 amide bonds. The smallest absolute Gasteiger partial charge is 0.303 e. The first-order valence-corrected chi connectivity index (χ1v) is 8.95. The fourth-order valence-electron chi connectivity index (χ4n) is 3.04. The van der Waals surface area contributed by atoms with Crippen LogP contribution >= 0.6 is 0 Å². The van der Waals surface area contributed by atoms with Crippen molar-refractivity contribution in [2.24, 2.45) is 0 Å². The summed E-state index contributed by atoms with van der Waals surface area (Å²) in [4.78, 5) is 37.2. The highest BCUT2D eigenvalue weighted by molar-refractivity contribution is 5.80. The van der Waals surface area contributed by atoms with Crippen LogP contribution in [0.15, 0.2) is 23.1 Å². The minimum absolute atomic E-state index is 0.0130. The Hall–Kier alpha value is -2.31. The standard InChI is InChI=1S/C18H27N3O4/c1-14(18(25)19-10-6-7-17(23)24)21-13-15(8-9-16(21)22)20-11-4-2-3-5-12-20/h8-9,13-14H,2-7,10-12H2,1H3,(H,19,25)(H,23,24). The number of hydrogen-bond acceptors (Lipinski definition) is 4. The fourth-order valence-corrected chi connectivity index (χ4v) is 3.04. The number of anilines is 1. The van der Waals surface area contributed by atoms with Gasteiger partial charge in [-0.2, -0.15) is 0 Å². The molecule has 0 aromatic carbocycles. The third-order valence-corrected chi connectivity index (χ3v) is 4.56. The molecule has 2 N–H and O–H groups in total. The van der Waals surface area contributed by atoms with Crippen LogP contribution in [0, 0.1) is 0 Å². The van der Waals surface area contributed by atoms with Gasteiger partial charge in [0.25, 0.3) is 5.56 Å². The molecule has 1 aromatic rings. The quantitative estimate of drug-likeness (QED) is 0.732. The molecule has 0 bridgehead atoms. The Morgan fingerprint density at radius 3 is 2.52 bits per heavy atom. The van der Waals surface area contributed by atoms with E-state index in [1.165, 1.54) is 23.5 Å². The molecule has 138 valence electrons. The third kappa shape index (κ3) is 5.62. The van der Waals surface area contributed by atoms with E-state index in [9.17, 15) is 14.4 Å². The van der Waals surface area contributed by atoms with Crippen molar-refractivity contribution in [3.05, 3.63) is 28.7 Å². The minimum Gasteiger partial charge on any atom is -0.481 e. The van der Waals surface area contributed by atoms with Crippen molar-refractivity contribution in [3.8, 4) is 0 Å². The summed E-state index contributed by atoms with van der Waals surface area (Å²) in [6.45, 7) is 3.90. The minimum atomic E-state index is -0.885. The number of nitrogens with zero attached hydrogens (tertiary/aromatic N) is 2. The number of pyridine rings is 1. The lowest BCUT2D eigenvalue weighted by molar-refractivity contribution is -0.137. The molecule has 0 aliphatic carbocycles. The molecule has 0 saturated carbocycles. The molecule has 0 radical (unpaired) electrons. The van der Waals surface area contributed by atoms with Crippen LogP contribution in [0.5, 0.6) is 0 Å². The van der Waals surface area contributed by atoms with Gasteiger partial charge in [-0.25, -0.2) is 0 Å². The second kappa shape index (κ2) is 9.25. The SMILES string of the molecule is CC(C(=O)NCCCC(=O)O)n1cc(N2CCCCCC2)ccc1=O. The van der Waals surface area contributed by atoms with Gasteiger partial charge in [0.2, 0.25) is 5.91 Å². The number of rotatable bonds is 7. The Balaban J connectivity index is 2.03. The number of aromatic nitrogens is 1. The van der Waals surface area contributed by atoms with Gasteiger partial charge < -0.3 is 19.9 Å². The number of amides is 1. The highest BCUT2D eigenvalue weighted by Crippen LogP contribution is 2.19. The number of nitrogens with one attached hydrogen (secondary N) is 1. The van der Waals surface area contributed by atoms with Gasteiger partial charge in [0.1, 0.15) is 6.04 Å². The van der Waals surface area contributed by atoms with E-state index in [2.05, 4.69) is 10.2 Å². The zero-order valence-electron chi connectivity index (χ0n) is 14.7. The fraction of sp³-hybridized carbons (Fsp3) is 0.611. The molecule has 25 heavy (non-hydrogen) atoms. The number of carbonyl (C=O) groups is 2. The molecule has 7 heteroatoms.